The Morgan fingerprint density at radius 1 is 1.38 bits per heavy atom. The monoisotopic (exact) mass is 237 g/mol. The van der Waals surface area contributed by atoms with Gasteiger partial charge in [-0.15, -0.1) is 0 Å². The highest BCUT2D eigenvalue weighted by Crippen LogP contribution is 2.26. The Bertz CT molecular complexity index is 435. The van der Waals surface area contributed by atoms with Crippen LogP contribution in [0.15, 0.2) is 30.4 Å². The van der Waals surface area contributed by atoms with E-state index in [1.54, 1.807) is 18.2 Å². The number of carboxylic acid groups (broad SMARTS) is 1. The fraction of sp³-hybridized carbons (Fsp3) is 0.250. The molecule has 0 bridgehead atoms. The SMILES string of the molecule is O=C(O)c1c(Cl)cccc1NC1CC=CC1. The maximum atomic E-state index is 11.1. The van der Waals surface area contributed by atoms with Crippen molar-refractivity contribution in [3.63, 3.8) is 0 Å². The van der Waals surface area contributed by atoms with Gasteiger partial charge in [-0.1, -0.05) is 29.8 Å². The smallest absolute Gasteiger partial charge is 0.339 e. The van der Waals surface area contributed by atoms with Crippen LogP contribution in [0, 0.1) is 0 Å². The summed E-state index contributed by atoms with van der Waals surface area (Å²) in [4.78, 5) is 11.1. The van der Waals surface area contributed by atoms with E-state index < -0.39 is 5.97 Å². The van der Waals surface area contributed by atoms with Crippen molar-refractivity contribution in [2.24, 2.45) is 0 Å². The van der Waals surface area contributed by atoms with Gasteiger partial charge in [0.05, 0.1) is 10.7 Å². The summed E-state index contributed by atoms with van der Waals surface area (Å²) in [6, 6.07) is 5.35. The number of hydrogen-bond donors (Lipinski definition) is 2. The Morgan fingerprint density at radius 3 is 2.69 bits per heavy atom. The van der Waals surface area contributed by atoms with Crippen molar-refractivity contribution in [3.05, 3.63) is 40.9 Å². The molecule has 1 aliphatic rings. The van der Waals surface area contributed by atoms with Crippen LogP contribution in [0.5, 0.6) is 0 Å². The summed E-state index contributed by atoms with van der Waals surface area (Å²) in [6.45, 7) is 0. The lowest BCUT2D eigenvalue weighted by Gasteiger charge is -2.16. The van der Waals surface area contributed by atoms with Gasteiger partial charge >= 0.3 is 5.97 Å². The molecule has 0 spiro atoms. The molecule has 0 fully saturated rings. The molecule has 16 heavy (non-hydrogen) atoms. The molecule has 1 aromatic carbocycles. The molecule has 0 saturated carbocycles. The molecular weight excluding hydrogens is 226 g/mol. The van der Waals surface area contributed by atoms with Crippen molar-refractivity contribution in [1.29, 1.82) is 0 Å². The van der Waals surface area contributed by atoms with Crippen molar-refractivity contribution < 1.29 is 9.90 Å². The first kappa shape index (κ1) is 11.0. The molecule has 0 aliphatic heterocycles. The lowest BCUT2D eigenvalue weighted by molar-refractivity contribution is 0.0698. The lowest BCUT2D eigenvalue weighted by Crippen LogP contribution is -2.17. The molecule has 4 heteroatoms. The predicted octanol–water partition coefficient (Wildman–Crippen LogP) is 3.17. The van der Waals surface area contributed by atoms with Gasteiger partial charge in [0.1, 0.15) is 5.56 Å². The zero-order valence-corrected chi connectivity index (χ0v) is 9.37. The normalized spacial score (nSPS) is 15.3. The summed E-state index contributed by atoms with van der Waals surface area (Å²) in [7, 11) is 0. The van der Waals surface area contributed by atoms with Crippen LogP contribution in [0.25, 0.3) is 0 Å². The first-order chi connectivity index (χ1) is 7.68. The Labute approximate surface area is 98.7 Å². The van der Waals surface area contributed by atoms with Crippen molar-refractivity contribution >= 4 is 23.3 Å². The van der Waals surface area contributed by atoms with Gasteiger partial charge in [-0.25, -0.2) is 4.79 Å². The summed E-state index contributed by atoms with van der Waals surface area (Å²) >= 11 is 5.87. The molecule has 0 aromatic heterocycles. The quantitative estimate of drug-likeness (QED) is 0.794. The van der Waals surface area contributed by atoms with Crippen LogP contribution in [-0.4, -0.2) is 17.1 Å². The molecule has 2 rings (SSSR count). The van der Waals surface area contributed by atoms with Crippen molar-refractivity contribution in [2.45, 2.75) is 18.9 Å². The number of benzene rings is 1. The molecule has 1 aromatic rings. The molecule has 2 N–H and O–H groups in total. The minimum Gasteiger partial charge on any atom is -0.478 e. The van der Waals surface area contributed by atoms with Crippen LogP contribution < -0.4 is 5.32 Å². The highest BCUT2D eigenvalue weighted by molar-refractivity contribution is 6.34. The van der Waals surface area contributed by atoms with Gasteiger partial charge in [-0.3, -0.25) is 0 Å². The third-order valence-electron chi connectivity index (χ3n) is 2.59. The Kier molecular flexibility index (Phi) is 3.15. The number of nitrogens with one attached hydrogen (secondary N) is 1. The zero-order valence-electron chi connectivity index (χ0n) is 8.61. The molecule has 1 aliphatic carbocycles. The summed E-state index contributed by atoms with van der Waals surface area (Å²) in [6.07, 6.45) is 6.02. The molecule has 84 valence electrons. The Morgan fingerprint density at radius 2 is 2.06 bits per heavy atom. The first-order valence-corrected chi connectivity index (χ1v) is 5.49. The average Bonchev–Trinajstić information content (AvgIpc) is 2.70. The number of halogens is 1. The van der Waals surface area contributed by atoms with Gasteiger partial charge < -0.3 is 10.4 Å². The van der Waals surface area contributed by atoms with Gasteiger partial charge in [0, 0.05) is 6.04 Å². The van der Waals surface area contributed by atoms with Crippen molar-refractivity contribution in [2.75, 3.05) is 5.32 Å². The number of aromatic carboxylic acids is 1. The second-order valence-corrected chi connectivity index (χ2v) is 4.16. The van der Waals surface area contributed by atoms with Crippen LogP contribution in [-0.2, 0) is 0 Å². The Balaban J connectivity index is 2.25. The van der Waals surface area contributed by atoms with E-state index in [2.05, 4.69) is 17.5 Å². The van der Waals surface area contributed by atoms with Crippen LogP contribution in [0.4, 0.5) is 5.69 Å². The third-order valence-corrected chi connectivity index (χ3v) is 2.91. The van der Waals surface area contributed by atoms with Crippen LogP contribution in [0.1, 0.15) is 23.2 Å². The molecule has 0 saturated heterocycles. The van der Waals surface area contributed by atoms with Gasteiger partial charge in [0.25, 0.3) is 0 Å². The minimum absolute atomic E-state index is 0.149. The first-order valence-electron chi connectivity index (χ1n) is 5.12. The van der Waals surface area contributed by atoms with E-state index in [9.17, 15) is 4.79 Å². The van der Waals surface area contributed by atoms with Gasteiger partial charge in [0.2, 0.25) is 0 Å². The fourth-order valence-corrected chi connectivity index (χ4v) is 2.07. The standard InChI is InChI=1S/C12H12ClNO2/c13-9-6-3-7-10(11(9)12(15)16)14-8-4-1-2-5-8/h1-3,6-8,14H,4-5H2,(H,15,16). The van der Waals surface area contributed by atoms with E-state index >= 15 is 0 Å². The van der Waals surface area contributed by atoms with E-state index in [0.717, 1.165) is 12.8 Å². The average molecular weight is 238 g/mol. The number of rotatable bonds is 3. The van der Waals surface area contributed by atoms with Crippen molar-refractivity contribution in [1.82, 2.24) is 0 Å². The maximum Gasteiger partial charge on any atom is 0.339 e. The molecule has 0 radical (unpaired) electrons. The van der Waals surface area contributed by atoms with Crippen LogP contribution in [0.3, 0.4) is 0 Å². The minimum atomic E-state index is -1.00. The largest absolute Gasteiger partial charge is 0.478 e. The number of hydrogen-bond acceptors (Lipinski definition) is 2. The van der Waals surface area contributed by atoms with Gasteiger partial charge in [0.15, 0.2) is 0 Å². The van der Waals surface area contributed by atoms with E-state index in [-0.39, 0.29) is 16.6 Å². The number of anilines is 1. The summed E-state index contributed by atoms with van der Waals surface area (Å²) in [5.41, 5.74) is 0.741. The Hall–Kier alpha value is -1.48. The molecule has 0 unspecified atom stereocenters. The van der Waals surface area contributed by atoms with Crippen LogP contribution in [0.2, 0.25) is 5.02 Å². The summed E-state index contributed by atoms with van der Waals surface area (Å²) in [5.74, 6) is -1.00. The molecule has 3 nitrogen and oxygen atoms in total. The van der Waals surface area contributed by atoms with E-state index in [0.29, 0.717) is 5.69 Å². The highest BCUT2D eigenvalue weighted by atomic mass is 35.5. The zero-order chi connectivity index (χ0) is 11.5. The highest BCUT2D eigenvalue weighted by Gasteiger charge is 2.17. The van der Waals surface area contributed by atoms with E-state index in [1.807, 2.05) is 0 Å². The van der Waals surface area contributed by atoms with Crippen molar-refractivity contribution in [3.8, 4) is 0 Å². The fourth-order valence-electron chi connectivity index (χ4n) is 1.82. The molecule has 0 heterocycles. The predicted molar refractivity (Wildman–Crippen MR) is 64.2 cm³/mol. The molecule has 0 atom stereocenters. The maximum absolute atomic E-state index is 11.1. The van der Waals surface area contributed by atoms with Crippen LogP contribution >= 0.6 is 11.6 Å². The second kappa shape index (κ2) is 4.58. The number of carbonyl (C=O) groups is 1. The summed E-state index contributed by atoms with van der Waals surface area (Å²) in [5, 5.41) is 12.6. The summed E-state index contributed by atoms with van der Waals surface area (Å²) < 4.78 is 0. The van der Waals surface area contributed by atoms with Gasteiger partial charge in [-0.05, 0) is 25.0 Å². The topological polar surface area (TPSA) is 49.3 Å². The molecule has 0 amide bonds. The second-order valence-electron chi connectivity index (χ2n) is 3.75. The van der Waals surface area contributed by atoms with E-state index in [4.69, 9.17) is 16.7 Å². The third kappa shape index (κ3) is 2.19. The number of carboxylic acids is 1. The van der Waals surface area contributed by atoms with Gasteiger partial charge in [-0.2, -0.15) is 0 Å². The van der Waals surface area contributed by atoms with E-state index in [1.165, 1.54) is 0 Å². The lowest BCUT2D eigenvalue weighted by atomic mass is 10.1. The molecular formula is C12H12ClNO2.